The van der Waals surface area contributed by atoms with Gasteiger partial charge in [-0.15, -0.1) is 11.6 Å². The molecule has 0 rings (SSSR count). The van der Waals surface area contributed by atoms with E-state index >= 15 is 0 Å². The van der Waals surface area contributed by atoms with E-state index in [-0.39, 0.29) is 5.50 Å². The fourth-order valence-corrected chi connectivity index (χ4v) is 3.87. The molecule has 0 spiro atoms. The molecule has 0 amide bonds. The standard InChI is InChI=1S/C22H46Cl2N/c1-4-5-6-7-8-9-10-11-15-18-21-25(2,3)22(24)19-16-13-12-14-17-20-23/h22H,4-21H2,1-3H3/q+1. The highest BCUT2D eigenvalue weighted by Crippen LogP contribution is 2.20. The zero-order valence-corrected chi connectivity index (χ0v) is 19.0. The summed E-state index contributed by atoms with van der Waals surface area (Å²) in [4.78, 5) is 0. The third-order valence-electron chi connectivity index (χ3n) is 5.42. The van der Waals surface area contributed by atoms with Crippen LogP contribution in [0.4, 0.5) is 0 Å². The van der Waals surface area contributed by atoms with Crippen molar-refractivity contribution in [3.8, 4) is 0 Å². The molecular formula is C22H46Cl2N+. The van der Waals surface area contributed by atoms with Crippen molar-refractivity contribution in [1.29, 1.82) is 0 Å². The summed E-state index contributed by atoms with van der Waals surface area (Å²) in [7, 11) is 4.61. The van der Waals surface area contributed by atoms with Gasteiger partial charge in [-0.1, -0.05) is 89.2 Å². The second-order valence-electron chi connectivity index (χ2n) is 8.36. The largest absolute Gasteiger partial charge is 0.313 e. The van der Waals surface area contributed by atoms with Crippen molar-refractivity contribution < 1.29 is 4.48 Å². The van der Waals surface area contributed by atoms with Crippen molar-refractivity contribution in [2.24, 2.45) is 0 Å². The van der Waals surface area contributed by atoms with Gasteiger partial charge in [0.25, 0.3) is 0 Å². The second kappa shape index (κ2) is 17.9. The fraction of sp³-hybridized carbons (Fsp3) is 1.00. The molecule has 3 heteroatoms. The van der Waals surface area contributed by atoms with Crippen LogP contribution < -0.4 is 0 Å². The van der Waals surface area contributed by atoms with Gasteiger partial charge in [0.15, 0.2) is 5.50 Å². The SMILES string of the molecule is CCCCCCCCCCCC[N+](C)(C)C(Cl)CCCCCCCCl. The Morgan fingerprint density at radius 3 is 1.60 bits per heavy atom. The summed E-state index contributed by atoms with van der Waals surface area (Å²) in [5, 5.41) is 0. The lowest BCUT2D eigenvalue weighted by atomic mass is 10.1. The smallest absolute Gasteiger partial charge is 0.164 e. The molecule has 0 aromatic rings. The molecule has 0 aliphatic heterocycles. The lowest BCUT2D eigenvalue weighted by molar-refractivity contribution is -0.902. The minimum Gasteiger partial charge on any atom is -0.313 e. The molecule has 0 fully saturated rings. The average molecular weight is 396 g/mol. The van der Waals surface area contributed by atoms with Crippen LogP contribution in [0.25, 0.3) is 0 Å². The first-order chi connectivity index (χ1) is 12.0. The van der Waals surface area contributed by atoms with E-state index in [0.29, 0.717) is 0 Å². The highest BCUT2D eigenvalue weighted by Gasteiger charge is 2.24. The van der Waals surface area contributed by atoms with Gasteiger partial charge in [0, 0.05) is 12.3 Å². The molecule has 1 atom stereocenters. The van der Waals surface area contributed by atoms with Gasteiger partial charge in [-0.2, -0.15) is 0 Å². The van der Waals surface area contributed by atoms with E-state index in [9.17, 15) is 0 Å². The van der Waals surface area contributed by atoms with Gasteiger partial charge < -0.3 is 4.48 Å². The van der Waals surface area contributed by atoms with Crippen LogP contribution in [0.5, 0.6) is 0 Å². The van der Waals surface area contributed by atoms with Crippen LogP contribution >= 0.6 is 23.2 Å². The van der Waals surface area contributed by atoms with Gasteiger partial charge in [0.1, 0.15) is 0 Å². The van der Waals surface area contributed by atoms with Gasteiger partial charge in [-0.25, -0.2) is 0 Å². The predicted octanol–water partition coefficient (Wildman–Crippen LogP) is 8.13. The van der Waals surface area contributed by atoms with Crippen LogP contribution in [0.1, 0.15) is 110 Å². The van der Waals surface area contributed by atoms with Crippen LogP contribution in [0.3, 0.4) is 0 Å². The molecule has 0 saturated carbocycles. The number of nitrogens with zero attached hydrogens (tertiary/aromatic N) is 1. The second-order valence-corrected chi connectivity index (χ2v) is 9.25. The molecule has 0 aromatic carbocycles. The van der Waals surface area contributed by atoms with E-state index < -0.39 is 0 Å². The zero-order chi connectivity index (χ0) is 18.8. The Hall–Kier alpha value is 0.540. The third kappa shape index (κ3) is 16.4. The summed E-state index contributed by atoms with van der Waals surface area (Å²) < 4.78 is 0.972. The highest BCUT2D eigenvalue weighted by atomic mass is 35.5. The van der Waals surface area contributed by atoms with E-state index in [4.69, 9.17) is 23.2 Å². The minimum atomic E-state index is 0.270. The lowest BCUT2D eigenvalue weighted by Crippen LogP contribution is -2.46. The molecule has 0 radical (unpaired) electrons. The van der Waals surface area contributed by atoms with Gasteiger partial charge in [0.05, 0.1) is 20.6 Å². The molecule has 0 aliphatic carbocycles. The van der Waals surface area contributed by atoms with Gasteiger partial charge in [-0.05, 0) is 25.7 Å². The molecule has 0 bridgehead atoms. The monoisotopic (exact) mass is 394 g/mol. The Labute approximate surface area is 169 Å². The molecule has 0 aromatic heterocycles. The van der Waals surface area contributed by atoms with E-state index in [1.54, 1.807) is 0 Å². The third-order valence-corrected chi connectivity index (χ3v) is 6.44. The first-order valence-electron chi connectivity index (χ1n) is 11.1. The summed E-state index contributed by atoms with van der Waals surface area (Å²) >= 11 is 12.4. The number of hydrogen-bond acceptors (Lipinski definition) is 0. The van der Waals surface area contributed by atoms with Crippen molar-refractivity contribution in [3.63, 3.8) is 0 Å². The molecule has 1 unspecified atom stereocenters. The van der Waals surface area contributed by atoms with E-state index in [1.807, 2.05) is 0 Å². The van der Waals surface area contributed by atoms with Gasteiger partial charge in [-0.3, -0.25) is 0 Å². The highest BCUT2D eigenvalue weighted by molar-refractivity contribution is 6.19. The number of alkyl halides is 2. The normalized spacial score (nSPS) is 13.3. The Bertz CT molecular complexity index is 269. The van der Waals surface area contributed by atoms with E-state index in [1.165, 1.54) is 96.4 Å². The van der Waals surface area contributed by atoms with Gasteiger partial charge in [0.2, 0.25) is 0 Å². The van der Waals surface area contributed by atoms with Crippen molar-refractivity contribution in [2.75, 3.05) is 26.5 Å². The maximum absolute atomic E-state index is 6.69. The Morgan fingerprint density at radius 2 is 1.08 bits per heavy atom. The Morgan fingerprint density at radius 1 is 0.640 bits per heavy atom. The topological polar surface area (TPSA) is 0 Å². The first-order valence-corrected chi connectivity index (χ1v) is 12.0. The maximum atomic E-state index is 6.69. The maximum Gasteiger partial charge on any atom is 0.164 e. The van der Waals surface area contributed by atoms with Crippen molar-refractivity contribution in [2.45, 2.75) is 115 Å². The summed E-state index contributed by atoms with van der Waals surface area (Å²) in [6.07, 6.45) is 21.5. The first kappa shape index (κ1) is 25.5. The number of unbranched alkanes of at least 4 members (excludes halogenated alkanes) is 13. The predicted molar refractivity (Wildman–Crippen MR) is 117 cm³/mol. The summed E-state index contributed by atoms with van der Waals surface area (Å²) in [5.41, 5.74) is 0.270. The van der Waals surface area contributed by atoms with E-state index in [2.05, 4.69) is 21.0 Å². The summed E-state index contributed by atoms with van der Waals surface area (Å²) in [5.74, 6) is 0.806. The number of rotatable bonds is 19. The van der Waals surface area contributed by atoms with Crippen molar-refractivity contribution in [3.05, 3.63) is 0 Å². The number of halogens is 2. The molecule has 0 N–H and O–H groups in total. The lowest BCUT2D eigenvalue weighted by Gasteiger charge is -2.34. The molecular weight excluding hydrogens is 349 g/mol. The quantitative estimate of drug-likeness (QED) is 0.0896. The summed E-state index contributed by atoms with van der Waals surface area (Å²) in [6.45, 7) is 3.51. The fourth-order valence-electron chi connectivity index (χ4n) is 3.43. The van der Waals surface area contributed by atoms with Crippen LogP contribution in [0.15, 0.2) is 0 Å². The number of quaternary nitrogens is 1. The average Bonchev–Trinajstić information content (AvgIpc) is 2.59. The van der Waals surface area contributed by atoms with Crippen LogP contribution in [0, 0.1) is 0 Å². The molecule has 152 valence electrons. The van der Waals surface area contributed by atoms with Crippen LogP contribution in [-0.4, -0.2) is 36.5 Å². The van der Waals surface area contributed by atoms with Crippen LogP contribution in [-0.2, 0) is 0 Å². The van der Waals surface area contributed by atoms with Crippen LogP contribution in [0.2, 0.25) is 0 Å². The molecule has 25 heavy (non-hydrogen) atoms. The molecule has 0 saturated heterocycles. The van der Waals surface area contributed by atoms with Crippen molar-refractivity contribution >= 4 is 23.2 Å². The summed E-state index contributed by atoms with van der Waals surface area (Å²) in [6, 6.07) is 0. The van der Waals surface area contributed by atoms with E-state index in [0.717, 1.165) is 23.2 Å². The van der Waals surface area contributed by atoms with Crippen molar-refractivity contribution in [1.82, 2.24) is 0 Å². The molecule has 0 aliphatic rings. The molecule has 1 nitrogen and oxygen atoms in total. The van der Waals surface area contributed by atoms with Gasteiger partial charge >= 0.3 is 0 Å². The zero-order valence-electron chi connectivity index (χ0n) is 17.5. The Kier molecular flexibility index (Phi) is 18.3. The number of hydrogen-bond donors (Lipinski definition) is 0. The molecule has 0 heterocycles. The minimum absolute atomic E-state index is 0.270. The Balaban J connectivity index is 3.52.